The summed E-state index contributed by atoms with van der Waals surface area (Å²) in [5.74, 6) is -0.133. The van der Waals surface area contributed by atoms with Gasteiger partial charge in [0.15, 0.2) is 0 Å². The molecule has 0 spiro atoms. The zero-order valence-electron chi connectivity index (χ0n) is 13.7. The summed E-state index contributed by atoms with van der Waals surface area (Å²) in [6.07, 6.45) is 4.31. The van der Waals surface area contributed by atoms with Gasteiger partial charge in [0.25, 0.3) is 5.91 Å². The monoisotopic (exact) mass is 337 g/mol. The Kier molecular flexibility index (Phi) is 5.01. The molecule has 0 saturated carbocycles. The normalized spacial score (nSPS) is 10.6. The molecular weight excluding hydrogens is 318 g/mol. The standard InChI is InChI=1S/C19H19N3OS/c1-13-5-6-16(14(2)10-13)19-22-17(12-24-19)18(23)21-9-7-15-4-3-8-20-11-15/h3-6,8,10-12H,7,9H2,1-2H3,(H,21,23). The molecule has 2 aromatic heterocycles. The molecule has 24 heavy (non-hydrogen) atoms. The third kappa shape index (κ3) is 3.86. The summed E-state index contributed by atoms with van der Waals surface area (Å²) >= 11 is 1.50. The number of benzene rings is 1. The first-order valence-electron chi connectivity index (χ1n) is 7.84. The smallest absolute Gasteiger partial charge is 0.270 e. The molecule has 0 aliphatic carbocycles. The topological polar surface area (TPSA) is 54.9 Å². The van der Waals surface area contributed by atoms with Crippen LogP contribution in [0, 0.1) is 13.8 Å². The van der Waals surface area contributed by atoms with Gasteiger partial charge in [0.05, 0.1) is 0 Å². The Morgan fingerprint density at radius 1 is 1.25 bits per heavy atom. The maximum Gasteiger partial charge on any atom is 0.270 e. The van der Waals surface area contributed by atoms with Crippen molar-refractivity contribution in [3.05, 3.63) is 70.5 Å². The first kappa shape index (κ1) is 16.3. The minimum atomic E-state index is -0.133. The van der Waals surface area contributed by atoms with Crippen molar-refractivity contribution in [2.45, 2.75) is 20.3 Å². The summed E-state index contributed by atoms with van der Waals surface area (Å²) in [6, 6.07) is 10.2. The third-order valence-electron chi connectivity index (χ3n) is 3.77. The van der Waals surface area contributed by atoms with Crippen LogP contribution in [0.2, 0.25) is 0 Å². The number of pyridine rings is 1. The zero-order valence-corrected chi connectivity index (χ0v) is 14.6. The summed E-state index contributed by atoms with van der Waals surface area (Å²) in [5.41, 5.74) is 5.06. The highest BCUT2D eigenvalue weighted by Gasteiger charge is 2.12. The van der Waals surface area contributed by atoms with Crippen LogP contribution in [-0.2, 0) is 6.42 Å². The van der Waals surface area contributed by atoms with Crippen molar-refractivity contribution >= 4 is 17.2 Å². The molecular formula is C19H19N3OS. The van der Waals surface area contributed by atoms with Crippen LogP contribution < -0.4 is 5.32 Å². The minimum absolute atomic E-state index is 0.133. The van der Waals surface area contributed by atoms with E-state index in [1.165, 1.54) is 22.5 Å². The molecule has 4 nitrogen and oxygen atoms in total. The number of hydrogen-bond donors (Lipinski definition) is 1. The van der Waals surface area contributed by atoms with Gasteiger partial charge in [-0.1, -0.05) is 29.8 Å². The van der Waals surface area contributed by atoms with Gasteiger partial charge >= 0.3 is 0 Å². The van der Waals surface area contributed by atoms with E-state index in [9.17, 15) is 4.79 Å². The molecule has 0 fully saturated rings. The summed E-state index contributed by atoms with van der Waals surface area (Å²) in [4.78, 5) is 20.8. The Bertz CT molecular complexity index is 843. The van der Waals surface area contributed by atoms with E-state index in [1.54, 1.807) is 6.20 Å². The van der Waals surface area contributed by atoms with Gasteiger partial charge in [-0.15, -0.1) is 11.3 Å². The van der Waals surface area contributed by atoms with Crippen LogP contribution in [0.1, 0.15) is 27.2 Å². The largest absolute Gasteiger partial charge is 0.350 e. The quantitative estimate of drug-likeness (QED) is 0.770. The van der Waals surface area contributed by atoms with Crippen LogP contribution in [-0.4, -0.2) is 22.4 Å². The van der Waals surface area contributed by atoms with Gasteiger partial charge in [-0.3, -0.25) is 9.78 Å². The minimum Gasteiger partial charge on any atom is -0.350 e. The second kappa shape index (κ2) is 7.36. The highest BCUT2D eigenvalue weighted by Crippen LogP contribution is 2.27. The molecule has 0 atom stereocenters. The Morgan fingerprint density at radius 2 is 2.12 bits per heavy atom. The highest BCUT2D eigenvalue weighted by atomic mass is 32.1. The summed E-state index contributed by atoms with van der Waals surface area (Å²) in [7, 11) is 0. The molecule has 122 valence electrons. The maximum absolute atomic E-state index is 12.2. The summed E-state index contributed by atoms with van der Waals surface area (Å²) in [5, 5.41) is 5.61. The van der Waals surface area contributed by atoms with Crippen molar-refractivity contribution in [2.24, 2.45) is 0 Å². The molecule has 1 amide bonds. The molecule has 0 bridgehead atoms. The number of aryl methyl sites for hydroxylation is 2. The Labute approximate surface area is 145 Å². The maximum atomic E-state index is 12.2. The first-order valence-corrected chi connectivity index (χ1v) is 8.72. The molecule has 5 heteroatoms. The summed E-state index contributed by atoms with van der Waals surface area (Å²) in [6.45, 7) is 4.71. The number of aromatic nitrogens is 2. The summed E-state index contributed by atoms with van der Waals surface area (Å²) < 4.78 is 0. The first-order chi connectivity index (χ1) is 11.6. The molecule has 1 N–H and O–H groups in total. The molecule has 3 aromatic rings. The van der Waals surface area contributed by atoms with E-state index in [1.807, 2.05) is 23.7 Å². The molecule has 0 saturated heterocycles. The van der Waals surface area contributed by atoms with Crippen molar-refractivity contribution < 1.29 is 4.79 Å². The van der Waals surface area contributed by atoms with Crippen LogP contribution in [0.15, 0.2) is 48.1 Å². The van der Waals surface area contributed by atoms with Gasteiger partial charge in [-0.2, -0.15) is 0 Å². The molecule has 2 heterocycles. The van der Waals surface area contributed by atoms with Gasteiger partial charge < -0.3 is 5.32 Å². The third-order valence-corrected chi connectivity index (χ3v) is 4.65. The predicted molar refractivity (Wildman–Crippen MR) is 97.3 cm³/mol. The van der Waals surface area contributed by atoms with Crippen molar-refractivity contribution in [3.8, 4) is 10.6 Å². The van der Waals surface area contributed by atoms with E-state index in [0.29, 0.717) is 12.2 Å². The Morgan fingerprint density at radius 3 is 2.88 bits per heavy atom. The van der Waals surface area contributed by atoms with Crippen LogP contribution in [0.4, 0.5) is 0 Å². The highest BCUT2D eigenvalue weighted by molar-refractivity contribution is 7.13. The van der Waals surface area contributed by atoms with E-state index >= 15 is 0 Å². The predicted octanol–water partition coefficient (Wildman–Crippen LogP) is 3.79. The Hall–Kier alpha value is -2.53. The van der Waals surface area contributed by atoms with Crippen molar-refractivity contribution in [1.29, 1.82) is 0 Å². The van der Waals surface area contributed by atoms with Gasteiger partial charge in [0, 0.05) is 29.9 Å². The van der Waals surface area contributed by atoms with Crippen LogP contribution >= 0.6 is 11.3 Å². The number of nitrogens with one attached hydrogen (secondary N) is 1. The SMILES string of the molecule is Cc1ccc(-c2nc(C(=O)NCCc3cccnc3)cs2)c(C)c1. The van der Waals surface area contributed by atoms with Crippen molar-refractivity contribution in [1.82, 2.24) is 15.3 Å². The van der Waals surface area contributed by atoms with E-state index in [-0.39, 0.29) is 5.91 Å². The van der Waals surface area contributed by atoms with E-state index in [4.69, 9.17) is 0 Å². The van der Waals surface area contributed by atoms with Crippen molar-refractivity contribution in [3.63, 3.8) is 0 Å². The van der Waals surface area contributed by atoms with E-state index in [0.717, 1.165) is 22.6 Å². The number of hydrogen-bond acceptors (Lipinski definition) is 4. The lowest BCUT2D eigenvalue weighted by atomic mass is 10.1. The van der Waals surface area contributed by atoms with E-state index in [2.05, 4.69) is 47.3 Å². The molecule has 0 radical (unpaired) electrons. The van der Waals surface area contributed by atoms with Gasteiger partial charge in [0.1, 0.15) is 10.7 Å². The number of rotatable bonds is 5. The van der Waals surface area contributed by atoms with Gasteiger partial charge in [0.2, 0.25) is 0 Å². The zero-order chi connectivity index (χ0) is 16.9. The molecule has 0 unspecified atom stereocenters. The van der Waals surface area contributed by atoms with Crippen LogP contribution in [0.25, 0.3) is 10.6 Å². The lowest BCUT2D eigenvalue weighted by Crippen LogP contribution is -2.26. The van der Waals surface area contributed by atoms with E-state index < -0.39 is 0 Å². The fraction of sp³-hybridized carbons (Fsp3) is 0.211. The number of nitrogens with zero attached hydrogens (tertiary/aromatic N) is 2. The number of amides is 1. The number of carbonyl (C=O) groups is 1. The lowest BCUT2D eigenvalue weighted by molar-refractivity contribution is 0.0950. The fourth-order valence-corrected chi connectivity index (χ4v) is 3.40. The molecule has 0 aliphatic heterocycles. The average molecular weight is 337 g/mol. The Balaban J connectivity index is 1.63. The molecule has 3 rings (SSSR count). The van der Waals surface area contributed by atoms with Crippen LogP contribution in [0.3, 0.4) is 0 Å². The van der Waals surface area contributed by atoms with Crippen molar-refractivity contribution in [2.75, 3.05) is 6.54 Å². The molecule has 1 aromatic carbocycles. The fourth-order valence-electron chi connectivity index (χ4n) is 2.51. The number of carbonyl (C=O) groups excluding carboxylic acids is 1. The second-order valence-corrected chi connectivity index (χ2v) is 6.58. The van der Waals surface area contributed by atoms with Crippen LogP contribution in [0.5, 0.6) is 0 Å². The number of thiazole rings is 1. The lowest BCUT2D eigenvalue weighted by Gasteiger charge is -2.04. The van der Waals surface area contributed by atoms with Gasteiger partial charge in [-0.05, 0) is 37.5 Å². The second-order valence-electron chi connectivity index (χ2n) is 5.72. The molecule has 0 aliphatic rings. The van der Waals surface area contributed by atoms with Gasteiger partial charge in [-0.25, -0.2) is 4.98 Å². The average Bonchev–Trinajstić information content (AvgIpc) is 3.05.